The molecule has 1 fully saturated rings. The third-order valence-corrected chi connectivity index (χ3v) is 4.75. The highest BCUT2D eigenvalue weighted by Gasteiger charge is 2.45. The summed E-state index contributed by atoms with van der Waals surface area (Å²) in [7, 11) is 0. The summed E-state index contributed by atoms with van der Waals surface area (Å²) in [5, 5.41) is 39.4. The van der Waals surface area contributed by atoms with E-state index in [1.54, 1.807) is 0 Å². The van der Waals surface area contributed by atoms with E-state index in [1.165, 1.54) is 0 Å². The Morgan fingerprint density at radius 1 is 0.923 bits per heavy atom. The van der Waals surface area contributed by atoms with Crippen LogP contribution < -0.4 is 4.74 Å². The number of rotatable bonds is 3. The number of aliphatic hydroxyl groups excluding tert-OH is 4. The quantitative estimate of drug-likeness (QED) is 0.645. The lowest BCUT2D eigenvalue weighted by Crippen LogP contribution is -2.60. The second kappa shape index (κ2) is 7.44. The zero-order valence-electron chi connectivity index (χ0n) is 16.4. The predicted octanol–water partition coefficient (Wildman–Crippen LogP) is 1.46. The molecule has 1 aliphatic heterocycles. The van der Waals surface area contributed by atoms with Crippen molar-refractivity contribution < 1.29 is 29.9 Å². The van der Waals surface area contributed by atoms with Crippen LogP contribution in [0.15, 0.2) is 18.2 Å². The average molecular weight is 368 g/mol. The first kappa shape index (κ1) is 21.1. The van der Waals surface area contributed by atoms with Gasteiger partial charge in [0, 0.05) is 0 Å². The molecule has 0 aromatic heterocycles. The molecule has 6 nitrogen and oxygen atoms in total. The molecule has 4 N–H and O–H groups in total. The highest BCUT2D eigenvalue weighted by molar-refractivity contribution is 5.43. The molecule has 1 aromatic rings. The first-order valence-corrected chi connectivity index (χ1v) is 8.98. The lowest BCUT2D eigenvalue weighted by Gasteiger charge is -2.40. The topological polar surface area (TPSA) is 99.4 Å². The maximum atomic E-state index is 10.2. The highest BCUT2D eigenvalue weighted by Crippen LogP contribution is 2.37. The fraction of sp³-hybridized carbons (Fsp3) is 0.700. The summed E-state index contributed by atoms with van der Waals surface area (Å²) >= 11 is 0. The van der Waals surface area contributed by atoms with E-state index in [4.69, 9.17) is 9.47 Å². The summed E-state index contributed by atoms with van der Waals surface area (Å²) in [6, 6.07) is 5.89. The van der Waals surface area contributed by atoms with Gasteiger partial charge < -0.3 is 29.9 Å². The smallest absolute Gasteiger partial charge is 0.229 e. The number of hydrogen-bond donors (Lipinski definition) is 4. The van der Waals surface area contributed by atoms with Crippen LogP contribution in [0.5, 0.6) is 5.75 Å². The minimum Gasteiger partial charge on any atom is -0.462 e. The number of aliphatic hydroxyl groups is 4. The fourth-order valence-electron chi connectivity index (χ4n) is 2.98. The maximum absolute atomic E-state index is 10.2. The Bertz CT molecular complexity index is 614. The molecule has 0 radical (unpaired) electrons. The van der Waals surface area contributed by atoms with Crippen molar-refractivity contribution in [3.63, 3.8) is 0 Å². The average Bonchev–Trinajstić information content (AvgIpc) is 2.53. The molecule has 0 bridgehead atoms. The van der Waals surface area contributed by atoms with Crippen LogP contribution in [0, 0.1) is 0 Å². The molecule has 0 amide bonds. The SMILES string of the molecule is CC(C)(C)c1ccc(O[C@@H]2O[C@H](CO)[C@H](O)[C@@H](O)[C@@H]2O)c(C(C)(C)C)c1. The van der Waals surface area contributed by atoms with Gasteiger partial charge in [0.15, 0.2) is 0 Å². The normalized spacial score (nSPS) is 30.3. The van der Waals surface area contributed by atoms with Crippen LogP contribution in [0.25, 0.3) is 0 Å². The second-order valence-corrected chi connectivity index (χ2v) is 9.03. The van der Waals surface area contributed by atoms with E-state index >= 15 is 0 Å². The third-order valence-electron chi connectivity index (χ3n) is 4.75. The lowest BCUT2D eigenvalue weighted by atomic mass is 9.80. The Morgan fingerprint density at radius 2 is 1.54 bits per heavy atom. The first-order chi connectivity index (χ1) is 11.9. The summed E-state index contributed by atoms with van der Waals surface area (Å²) in [6.45, 7) is 12.1. The molecular weight excluding hydrogens is 336 g/mol. The molecule has 148 valence electrons. The van der Waals surface area contributed by atoms with E-state index in [-0.39, 0.29) is 10.8 Å². The van der Waals surface area contributed by atoms with Gasteiger partial charge in [0.05, 0.1) is 6.61 Å². The van der Waals surface area contributed by atoms with Crippen molar-refractivity contribution in [1.29, 1.82) is 0 Å². The fourth-order valence-corrected chi connectivity index (χ4v) is 2.98. The van der Waals surface area contributed by atoms with Crippen molar-refractivity contribution in [2.45, 2.75) is 83.1 Å². The molecule has 1 heterocycles. The Labute approximate surface area is 155 Å². The van der Waals surface area contributed by atoms with Crippen LogP contribution in [-0.2, 0) is 15.6 Å². The van der Waals surface area contributed by atoms with Crippen LogP contribution in [0.4, 0.5) is 0 Å². The van der Waals surface area contributed by atoms with E-state index in [0.717, 1.165) is 11.1 Å². The molecule has 1 saturated heterocycles. The number of benzene rings is 1. The third kappa shape index (κ3) is 4.38. The molecule has 6 heteroatoms. The molecule has 1 aliphatic rings. The molecule has 2 rings (SSSR count). The van der Waals surface area contributed by atoms with Crippen molar-refractivity contribution in [2.75, 3.05) is 6.61 Å². The van der Waals surface area contributed by atoms with E-state index < -0.39 is 37.3 Å². The molecule has 0 unspecified atom stereocenters. The van der Waals surface area contributed by atoms with Crippen LogP contribution in [-0.4, -0.2) is 57.7 Å². The Balaban J connectivity index is 2.36. The largest absolute Gasteiger partial charge is 0.462 e. The Kier molecular flexibility index (Phi) is 6.05. The molecule has 0 saturated carbocycles. The van der Waals surface area contributed by atoms with Crippen LogP contribution in [0.1, 0.15) is 52.7 Å². The van der Waals surface area contributed by atoms with Gasteiger partial charge in [-0.1, -0.05) is 53.7 Å². The zero-order chi connectivity index (χ0) is 19.9. The van der Waals surface area contributed by atoms with Crippen LogP contribution in [0.2, 0.25) is 0 Å². The minimum absolute atomic E-state index is 0.0261. The summed E-state index contributed by atoms with van der Waals surface area (Å²) < 4.78 is 11.4. The van der Waals surface area contributed by atoms with E-state index in [2.05, 4.69) is 47.6 Å². The van der Waals surface area contributed by atoms with Crippen molar-refractivity contribution in [1.82, 2.24) is 0 Å². The van der Waals surface area contributed by atoms with Gasteiger partial charge in [-0.25, -0.2) is 0 Å². The monoisotopic (exact) mass is 368 g/mol. The molecule has 26 heavy (non-hydrogen) atoms. The molecular formula is C20H32O6. The van der Waals surface area contributed by atoms with Crippen LogP contribution in [0.3, 0.4) is 0 Å². The molecule has 5 atom stereocenters. The van der Waals surface area contributed by atoms with Crippen LogP contribution >= 0.6 is 0 Å². The summed E-state index contributed by atoms with van der Waals surface area (Å²) in [5.41, 5.74) is 1.86. The van der Waals surface area contributed by atoms with Crippen molar-refractivity contribution in [3.05, 3.63) is 29.3 Å². The minimum atomic E-state index is -1.46. The van der Waals surface area contributed by atoms with Gasteiger partial charge in [-0.3, -0.25) is 0 Å². The number of ether oxygens (including phenoxy) is 2. The van der Waals surface area contributed by atoms with E-state index in [9.17, 15) is 20.4 Å². The van der Waals surface area contributed by atoms with Crippen molar-refractivity contribution in [3.8, 4) is 5.75 Å². The van der Waals surface area contributed by atoms with Crippen molar-refractivity contribution in [2.24, 2.45) is 0 Å². The standard InChI is InChI=1S/C20H32O6/c1-19(2,3)11-7-8-13(12(9-11)20(4,5)6)25-18-17(24)16(23)15(22)14(10-21)26-18/h7-9,14-18,21-24H,10H2,1-6H3/t14-,15+,16-,17+,18-/m1/s1. The van der Waals surface area contributed by atoms with Gasteiger partial charge in [-0.15, -0.1) is 0 Å². The van der Waals surface area contributed by atoms with Crippen molar-refractivity contribution >= 4 is 0 Å². The van der Waals surface area contributed by atoms with E-state index in [0.29, 0.717) is 5.75 Å². The van der Waals surface area contributed by atoms with Gasteiger partial charge in [0.1, 0.15) is 30.2 Å². The van der Waals surface area contributed by atoms with Gasteiger partial charge >= 0.3 is 0 Å². The highest BCUT2D eigenvalue weighted by atomic mass is 16.7. The lowest BCUT2D eigenvalue weighted by molar-refractivity contribution is -0.277. The zero-order valence-corrected chi connectivity index (χ0v) is 16.4. The second-order valence-electron chi connectivity index (χ2n) is 9.03. The van der Waals surface area contributed by atoms with Gasteiger partial charge in [-0.05, 0) is 28.0 Å². The summed E-state index contributed by atoms with van der Waals surface area (Å²) in [5.74, 6) is 0.537. The predicted molar refractivity (Wildman–Crippen MR) is 98.2 cm³/mol. The van der Waals surface area contributed by atoms with Gasteiger partial charge in [0.2, 0.25) is 6.29 Å². The van der Waals surface area contributed by atoms with Gasteiger partial charge in [0.25, 0.3) is 0 Å². The van der Waals surface area contributed by atoms with E-state index in [1.807, 2.05) is 12.1 Å². The summed E-state index contributed by atoms with van der Waals surface area (Å²) in [6.07, 6.45) is -6.47. The van der Waals surface area contributed by atoms with Gasteiger partial charge in [-0.2, -0.15) is 0 Å². The molecule has 1 aromatic carbocycles. The molecule has 0 spiro atoms. The number of hydrogen-bond acceptors (Lipinski definition) is 6. The Morgan fingerprint density at radius 3 is 2.04 bits per heavy atom. The molecule has 0 aliphatic carbocycles. The Hall–Kier alpha value is -1.18. The summed E-state index contributed by atoms with van der Waals surface area (Å²) in [4.78, 5) is 0. The first-order valence-electron chi connectivity index (χ1n) is 8.98. The maximum Gasteiger partial charge on any atom is 0.229 e.